The second-order valence-corrected chi connectivity index (χ2v) is 7.82. The average molecular weight is 417 g/mol. The minimum Gasteiger partial charge on any atom is -0.497 e. The molecule has 29 heavy (non-hydrogen) atoms. The topological polar surface area (TPSA) is 76.1 Å². The third-order valence-corrected chi connectivity index (χ3v) is 5.94. The third-order valence-electron chi connectivity index (χ3n) is 5.75. The van der Waals surface area contributed by atoms with Crippen LogP contribution in [0.3, 0.4) is 0 Å². The molecule has 2 aliphatic rings. The first-order valence-corrected chi connectivity index (χ1v) is 9.91. The summed E-state index contributed by atoms with van der Waals surface area (Å²) < 4.78 is 19.3. The molecule has 1 heterocycles. The maximum atomic E-state index is 14.1. The molecule has 0 spiro atoms. The van der Waals surface area contributed by atoms with E-state index in [4.69, 9.17) is 16.3 Å². The van der Waals surface area contributed by atoms with Crippen LogP contribution in [0, 0.1) is 23.6 Å². The van der Waals surface area contributed by atoms with Crippen molar-refractivity contribution in [3.05, 3.63) is 59.3 Å². The van der Waals surface area contributed by atoms with Crippen molar-refractivity contribution in [1.29, 1.82) is 0 Å². The van der Waals surface area contributed by atoms with Gasteiger partial charge in [0.05, 0.1) is 25.3 Å². The van der Waals surface area contributed by atoms with Crippen molar-refractivity contribution in [3.63, 3.8) is 0 Å². The summed E-state index contributed by atoms with van der Waals surface area (Å²) in [5, 5.41) is 6.16. The minimum absolute atomic E-state index is 0.0250. The lowest BCUT2D eigenvalue weighted by atomic mass is 9.87. The lowest BCUT2D eigenvalue weighted by Crippen LogP contribution is -2.44. The Bertz CT molecular complexity index is 937. The quantitative estimate of drug-likeness (QED) is 0.554. The Hall–Kier alpha value is -2.67. The number of carbonyl (C=O) groups is 1. The smallest absolute Gasteiger partial charge is 0.226 e. The highest BCUT2D eigenvalue weighted by atomic mass is 35.5. The molecule has 1 saturated carbocycles. The fourth-order valence-electron chi connectivity index (χ4n) is 4.27. The van der Waals surface area contributed by atoms with Crippen LogP contribution in [0.5, 0.6) is 5.75 Å². The van der Waals surface area contributed by atoms with Gasteiger partial charge in [-0.2, -0.15) is 4.98 Å². The largest absolute Gasteiger partial charge is 0.497 e. The van der Waals surface area contributed by atoms with E-state index in [9.17, 15) is 9.18 Å². The fourth-order valence-corrected chi connectivity index (χ4v) is 4.40. The van der Waals surface area contributed by atoms with Gasteiger partial charge < -0.3 is 15.4 Å². The molecule has 0 saturated heterocycles. The monoisotopic (exact) mass is 416 g/mol. The molecule has 1 aromatic carbocycles. The van der Waals surface area contributed by atoms with Crippen molar-refractivity contribution in [3.8, 4) is 5.75 Å². The van der Waals surface area contributed by atoms with E-state index in [0.717, 1.165) is 23.9 Å². The van der Waals surface area contributed by atoms with Gasteiger partial charge in [0.2, 0.25) is 11.2 Å². The van der Waals surface area contributed by atoms with Gasteiger partial charge in [-0.1, -0.05) is 24.3 Å². The summed E-state index contributed by atoms with van der Waals surface area (Å²) in [6, 6.07) is 7.17. The molecule has 0 radical (unpaired) electrons. The van der Waals surface area contributed by atoms with E-state index < -0.39 is 5.82 Å². The summed E-state index contributed by atoms with van der Waals surface area (Å²) in [6.07, 6.45) is 6.04. The Morgan fingerprint density at radius 3 is 2.72 bits per heavy atom. The van der Waals surface area contributed by atoms with Crippen LogP contribution in [-0.2, 0) is 4.79 Å². The number of fused-ring (bicyclic) bond motifs is 2. The van der Waals surface area contributed by atoms with Crippen LogP contribution < -0.4 is 15.4 Å². The Labute approximate surface area is 173 Å². The van der Waals surface area contributed by atoms with Gasteiger partial charge in [-0.25, -0.2) is 9.37 Å². The molecule has 1 fully saturated rings. The molecule has 1 amide bonds. The number of nitrogens with one attached hydrogen (secondary N) is 2. The van der Waals surface area contributed by atoms with Crippen molar-refractivity contribution in [2.45, 2.75) is 25.4 Å². The molecule has 6 nitrogen and oxygen atoms in total. The maximum absolute atomic E-state index is 14.1. The molecular formula is C21H22ClFN4O2. The summed E-state index contributed by atoms with van der Waals surface area (Å²) in [5.74, 6) is 0.0624. The van der Waals surface area contributed by atoms with Gasteiger partial charge in [0, 0.05) is 6.04 Å². The lowest BCUT2D eigenvalue weighted by Gasteiger charge is -2.29. The predicted molar refractivity (Wildman–Crippen MR) is 108 cm³/mol. The second-order valence-electron chi connectivity index (χ2n) is 7.48. The third kappa shape index (κ3) is 3.92. The van der Waals surface area contributed by atoms with Crippen molar-refractivity contribution >= 4 is 23.3 Å². The molecule has 2 aliphatic carbocycles. The number of nitrogens with zero attached hydrogens (tertiary/aromatic N) is 2. The van der Waals surface area contributed by atoms with Crippen LogP contribution in [-0.4, -0.2) is 29.0 Å². The number of amides is 1. The van der Waals surface area contributed by atoms with Gasteiger partial charge in [-0.3, -0.25) is 4.79 Å². The van der Waals surface area contributed by atoms with E-state index >= 15 is 0 Å². The minimum atomic E-state index is -0.591. The fraction of sp³-hybridized carbons (Fsp3) is 0.381. The number of allylic oxidation sites excluding steroid dienone is 1. The van der Waals surface area contributed by atoms with Gasteiger partial charge in [0.1, 0.15) is 5.75 Å². The molecule has 0 aliphatic heterocycles. The number of aromatic nitrogens is 2. The highest BCUT2D eigenvalue weighted by Crippen LogP contribution is 2.45. The molecule has 8 heteroatoms. The van der Waals surface area contributed by atoms with Gasteiger partial charge in [-0.15, -0.1) is 0 Å². The summed E-state index contributed by atoms with van der Waals surface area (Å²) in [5.41, 5.74) is 0.982. The number of anilines is 1. The number of rotatable bonds is 6. The molecule has 152 valence electrons. The first-order chi connectivity index (χ1) is 14.0. The predicted octanol–water partition coefficient (Wildman–Crippen LogP) is 3.76. The van der Waals surface area contributed by atoms with Gasteiger partial charge >= 0.3 is 0 Å². The number of methoxy groups -OCH3 is 1. The highest BCUT2D eigenvalue weighted by Gasteiger charge is 2.48. The van der Waals surface area contributed by atoms with Crippen LogP contribution in [0.25, 0.3) is 0 Å². The number of benzene rings is 1. The number of carbonyl (C=O) groups excluding carboxylic acids is 1. The molecule has 1 aromatic heterocycles. The van der Waals surface area contributed by atoms with Gasteiger partial charge in [-0.05, 0) is 54.5 Å². The number of halogens is 2. The maximum Gasteiger partial charge on any atom is 0.226 e. The van der Waals surface area contributed by atoms with E-state index in [2.05, 4.69) is 32.8 Å². The summed E-state index contributed by atoms with van der Waals surface area (Å²) in [6.45, 7) is 1.94. The normalized spacial score (nSPS) is 25.7. The van der Waals surface area contributed by atoms with E-state index in [1.165, 1.54) is 0 Å². The molecule has 4 rings (SSSR count). The molecule has 2 bridgehead atoms. The Kier molecular flexibility index (Phi) is 5.41. The van der Waals surface area contributed by atoms with Crippen molar-refractivity contribution < 1.29 is 13.9 Å². The Morgan fingerprint density at radius 2 is 2.00 bits per heavy atom. The summed E-state index contributed by atoms with van der Waals surface area (Å²) in [7, 11) is 1.61. The highest BCUT2D eigenvalue weighted by molar-refractivity contribution is 6.28. The molecular weight excluding hydrogens is 395 g/mol. The molecule has 0 unspecified atom stereocenters. The summed E-state index contributed by atoms with van der Waals surface area (Å²) >= 11 is 5.81. The first-order valence-electron chi connectivity index (χ1n) is 9.53. The standard InChI is InChI=1S/C21H22ClFN4O2/c1-11(12-5-7-15(29-2)8-6-12)25-20(28)17-13-3-4-14(9-13)18(17)26-19-16(23)10-24-21(22)27-19/h3-8,10-11,13-14,17-18H,9H2,1-2H3,(H,25,28)(H,24,26,27)/t11-,13+,14-,17+,18-/m1/s1. The average Bonchev–Trinajstić information content (AvgIpc) is 3.32. The van der Waals surface area contributed by atoms with Crippen LogP contribution in [0.2, 0.25) is 5.28 Å². The second kappa shape index (κ2) is 7.99. The number of hydrogen-bond donors (Lipinski definition) is 2. The van der Waals surface area contributed by atoms with Gasteiger partial charge in [0.15, 0.2) is 11.6 Å². The zero-order valence-corrected chi connectivity index (χ0v) is 16.9. The van der Waals surface area contributed by atoms with Crippen molar-refractivity contribution in [2.75, 3.05) is 12.4 Å². The van der Waals surface area contributed by atoms with Crippen LogP contribution in [0.1, 0.15) is 24.9 Å². The molecule has 2 aromatic rings. The zero-order chi connectivity index (χ0) is 20.5. The lowest BCUT2D eigenvalue weighted by molar-refractivity contribution is -0.126. The summed E-state index contributed by atoms with van der Waals surface area (Å²) in [4.78, 5) is 20.7. The van der Waals surface area contributed by atoms with Crippen LogP contribution in [0.4, 0.5) is 10.2 Å². The molecule has 5 atom stereocenters. The Balaban J connectivity index is 1.50. The van der Waals surface area contributed by atoms with E-state index in [-0.39, 0.29) is 46.8 Å². The number of hydrogen-bond acceptors (Lipinski definition) is 5. The van der Waals surface area contributed by atoms with E-state index in [0.29, 0.717) is 0 Å². The van der Waals surface area contributed by atoms with E-state index in [1.54, 1.807) is 7.11 Å². The number of ether oxygens (including phenoxy) is 1. The van der Waals surface area contributed by atoms with Crippen LogP contribution in [0.15, 0.2) is 42.6 Å². The van der Waals surface area contributed by atoms with Gasteiger partial charge in [0.25, 0.3) is 0 Å². The van der Waals surface area contributed by atoms with Crippen LogP contribution >= 0.6 is 11.6 Å². The van der Waals surface area contributed by atoms with E-state index in [1.807, 2.05) is 31.2 Å². The van der Waals surface area contributed by atoms with Crippen molar-refractivity contribution in [2.24, 2.45) is 17.8 Å². The van der Waals surface area contributed by atoms with Crippen molar-refractivity contribution in [1.82, 2.24) is 15.3 Å². The first kappa shape index (κ1) is 19.6. The SMILES string of the molecule is COc1ccc([C@@H](C)NC(=O)[C@@H]2[C@H](Nc3nc(Cl)ncc3F)[C@@H]3C=C[C@H]2C3)cc1. The molecule has 2 N–H and O–H groups in total. The Morgan fingerprint density at radius 1 is 1.28 bits per heavy atom. The zero-order valence-electron chi connectivity index (χ0n) is 16.1.